The van der Waals surface area contributed by atoms with Crippen LogP contribution in [0.5, 0.6) is 0 Å². The number of anilines is 1. The van der Waals surface area contributed by atoms with Crippen molar-refractivity contribution in [1.82, 2.24) is 9.97 Å². The third-order valence-electron chi connectivity index (χ3n) is 1.88. The van der Waals surface area contributed by atoms with Gasteiger partial charge in [0, 0.05) is 19.4 Å². The highest BCUT2D eigenvalue weighted by atomic mass is 19.3. The molecule has 0 aliphatic carbocycles. The standard InChI is InChI=1S/C9H14F2N4/c1-15(6-8(10)11)9-13-4-7(2-3-12)5-14-9/h4-5,8H,2-3,6,12H2,1H3. The number of alkyl halides is 2. The van der Waals surface area contributed by atoms with E-state index >= 15 is 0 Å². The fourth-order valence-electron chi connectivity index (χ4n) is 1.13. The molecule has 0 saturated heterocycles. The summed E-state index contributed by atoms with van der Waals surface area (Å²) in [5.41, 5.74) is 6.27. The molecular weight excluding hydrogens is 202 g/mol. The Labute approximate surface area is 87.1 Å². The number of nitrogens with two attached hydrogens (primary N) is 1. The zero-order chi connectivity index (χ0) is 11.3. The van der Waals surface area contributed by atoms with Gasteiger partial charge in [-0.25, -0.2) is 18.7 Å². The van der Waals surface area contributed by atoms with Crippen LogP contribution in [-0.4, -0.2) is 36.5 Å². The summed E-state index contributed by atoms with van der Waals surface area (Å²) in [5, 5.41) is 0. The van der Waals surface area contributed by atoms with Gasteiger partial charge in [0.2, 0.25) is 5.95 Å². The van der Waals surface area contributed by atoms with Gasteiger partial charge in [-0.05, 0) is 18.5 Å². The molecule has 0 unspecified atom stereocenters. The van der Waals surface area contributed by atoms with Crippen molar-refractivity contribution in [3.05, 3.63) is 18.0 Å². The fraction of sp³-hybridized carbons (Fsp3) is 0.556. The van der Waals surface area contributed by atoms with Gasteiger partial charge in [0.15, 0.2) is 0 Å². The van der Waals surface area contributed by atoms with Crippen LogP contribution < -0.4 is 10.6 Å². The van der Waals surface area contributed by atoms with Gasteiger partial charge in [0.25, 0.3) is 6.43 Å². The minimum absolute atomic E-state index is 0.302. The number of hydrogen-bond acceptors (Lipinski definition) is 4. The minimum Gasteiger partial charge on any atom is -0.338 e. The Morgan fingerprint density at radius 2 is 2.00 bits per heavy atom. The summed E-state index contributed by atoms with van der Waals surface area (Å²) >= 11 is 0. The summed E-state index contributed by atoms with van der Waals surface area (Å²) in [7, 11) is 1.53. The number of aromatic nitrogens is 2. The lowest BCUT2D eigenvalue weighted by Gasteiger charge is -2.15. The molecule has 0 radical (unpaired) electrons. The van der Waals surface area contributed by atoms with Gasteiger partial charge in [0.05, 0.1) is 6.54 Å². The summed E-state index contributed by atoms with van der Waals surface area (Å²) in [5.74, 6) is 0.302. The van der Waals surface area contributed by atoms with E-state index in [1.54, 1.807) is 12.4 Å². The maximum absolute atomic E-state index is 12.1. The first-order valence-corrected chi connectivity index (χ1v) is 4.63. The first kappa shape index (κ1) is 11.8. The van der Waals surface area contributed by atoms with Gasteiger partial charge in [-0.2, -0.15) is 0 Å². The van der Waals surface area contributed by atoms with Crippen molar-refractivity contribution in [3.63, 3.8) is 0 Å². The van der Waals surface area contributed by atoms with Crippen molar-refractivity contribution in [2.45, 2.75) is 12.8 Å². The van der Waals surface area contributed by atoms with Gasteiger partial charge in [-0.1, -0.05) is 0 Å². The Morgan fingerprint density at radius 3 is 2.47 bits per heavy atom. The van der Waals surface area contributed by atoms with Gasteiger partial charge in [-0.15, -0.1) is 0 Å². The second kappa shape index (κ2) is 5.55. The van der Waals surface area contributed by atoms with Crippen LogP contribution in [0.15, 0.2) is 12.4 Å². The van der Waals surface area contributed by atoms with Crippen LogP contribution in [0.1, 0.15) is 5.56 Å². The largest absolute Gasteiger partial charge is 0.338 e. The van der Waals surface area contributed by atoms with E-state index in [4.69, 9.17) is 5.73 Å². The van der Waals surface area contributed by atoms with Crippen LogP contribution in [0.3, 0.4) is 0 Å². The third kappa shape index (κ3) is 3.75. The number of hydrogen-bond donors (Lipinski definition) is 1. The molecule has 6 heteroatoms. The second-order valence-electron chi connectivity index (χ2n) is 3.20. The van der Waals surface area contributed by atoms with Crippen LogP contribution in [0.25, 0.3) is 0 Å². The lowest BCUT2D eigenvalue weighted by molar-refractivity contribution is 0.156. The Hall–Kier alpha value is -1.30. The first-order valence-electron chi connectivity index (χ1n) is 4.63. The Kier molecular flexibility index (Phi) is 4.36. The lowest BCUT2D eigenvalue weighted by atomic mass is 10.2. The van der Waals surface area contributed by atoms with E-state index in [0.29, 0.717) is 18.9 Å². The Bertz CT molecular complexity index is 289. The lowest BCUT2D eigenvalue weighted by Crippen LogP contribution is -2.25. The molecule has 4 nitrogen and oxygen atoms in total. The molecule has 2 N–H and O–H groups in total. The van der Waals surface area contributed by atoms with Crippen molar-refractivity contribution in [2.24, 2.45) is 5.73 Å². The predicted octanol–water partition coefficient (Wildman–Crippen LogP) is 0.679. The van der Waals surface area contributed by atoms with Crippen LogP contribution in [0.4, 0.5) is 14.7 Å². The van der Waals surface area contributed by atoms with Gasteiger partial charge < -0.3 is 10.6 Å². The van der Waals surface area contributed by atoms with Gasteiger partial charge in [0.1, 0.15) is 0 Å². The van der Waals surface area contributed by atoms with Crippen molar-refractivity contribution in [3.8, 4) is 0 Å². The van der Waals surface area contributed by atoms with Crippen LogP contribution >= 0.6 is 0 Å². The zero-order valence-electron chi connectivity index (χ0n) is 8.53. The average molecular weight is 216 g/mol. The highest BCUT2D eigenvalue weighted by molar-refractivity contribution is 5.28. The quantitative estimate of drug-likeness (QED) is 0.786. The van der Waals surface area contributed by atoms with E-state index in [-0.39, 0.29) is 6.54 Å². The van der Waals surface area contributed by atoms with E-state index in [1.165, 1.54) is 11.9 Å². The first-order chi connectivity index (χ1) is 7.13. The van der Waals surface area contributed by atoms with E-state index in [0.717, 1.165) is 5.56 Å². The van der Waals surface area contributed by atoms with Crippen LogP contribution in [0, 0.1) is 0 Å². The molecule has 1 heterocycles. The monoisotopic (exact) mass is 216 g/mol. The molecule has 0 atom stereocenters. The van der Waals surface area contributed by atoms with Gasteiger partial charge >= 0.3 is 0 Å². The Balaban J connectivity index is 2.62. The molecular formula is C9H14F2N4. The summed E-state index contributed by atoms with van der Waals surface area (Å²) in [4.78, 5) is 9.27. The summed E-state index contributed by atoms with van der Waals surface area (Å²) in [6, 6.07) is 0. The van der Waals surface area contributed by atoms with E-state index < -0.39 is 6.43 Å². The molecule has 15 heavy (non-hydrogen) atoms. The van der Waals surface area contributed by atoms with E-state index in [1.807, 2.05) is 0 Å². The molecule has 0 amide bonds. The van der Waals surface area contributed by atoms with Gasteiger partial charge in [-0.3, -0.25) is 0 Å². The van der Waals surface area contributed by atoms with Crippen molar-refractivity contribution in [1.29, 1.82) is 0 Å². The number of nitrogens with zero attached hydrogens (tertiary/aromatic N) is 3. The van der Waals surface area contributed by atoms with Crippen LogP contribution in [-0.2, 0) is 6.42 Å². The topological polar surface area (TPSA) is 55.0 Å². The summed E-state index contributed by atoms with van der Waals surface area (Å²) in [6.45, 7) is 0.159. The minimum atomic E-state index is -2.39. The SMILES string of the molecule is CN(CC(F)F)c1ncc(CCN)cn1. The van der Waals surface area contributed by atoms with Crippen molar-refractivity contribution < 1.29 is 8.78 Å². The van der Waals surface area contributed by atoms with E-state index in [9.17, 15) is 8.78 Å². The molecule has 1 aromatic heterocycles. The Morgan fingerprint density at radius 1 is 1.40 bits per heavy atom. The molecule has 0 bridgehead atoms. The van der Waals surface area contributed by atoms with Crippen LogP contribution in [0.2, 0.25) is 0 Å². The highest BCUT2D eigenvalue weighted by Crippen LogP contribution is 2.07. The number of halogens is 2. The molecule has 0 fully saturated rings. The fourth-order valence-corrected chi connectivity index (χ4v) is 1.13. The van der Waals surface area contributed by atoms with E-state index in [2.05, 4.69) is 9.97 Å². The molecule has 0 saturated carbocycles. The number of rotatable bonds is 5. The zero-order valence-corrected chi connectivity index (χ0v) is 8.53. The van der Waals surface area contributed by atoms with Crippen molar-refractivity contribution in [2.75, 3.05) is 25.0 Å². The normalized spacial score (nSPS) is 10.7. The summed E-state index contributed by atoms with van der Waals surface area (Å²) in [6.07, 6.45) is 1.52. The smallest absolute Gasteiger partial charge is 0.255 e. The molecule has 0 aliphatic heterocycles. The second-order valence-corrected chi connectivity index (χ2v) is 3.20. The maximum atomic E-state index is 12.1. The predicted molar refractivity (Wildman–Crippen MR) is 54.1 cm³/mol. The molecule has 84 valence electrons. The molecule has 0 spiro atoms. The highest BCUT2D eigenvalue weighted by Gasteiger charge is 2.10. The average Bonchev–Trinajstić information content (AvgIpc) is 2.18. The molecule has 0 aromatic carbocycles. The van der Waals surface area contributed by atoms with Crippen molar-refractivity contribution >= 4 is 5.95 Å². The maximum Gasteiger partial charge on any atom is 0.255 e. The summed E-state index contributed by atoms with van der Waals surface area (Å²) < 4.78 is 24.1. The third-order valence-corrected chi connectivity index (χ3v) is 1.88. The molecule has 1 rings (SSSR count). The molecule has 0 aliphatic rings. The molecule has 1 aromatic rings.